The molecule has 0 unspecified atom stereocenters. The van der Waals surface area contributed by atoms with Crippen LogP contribution in [0.5, 0.6) is 5.75 Å². The summed E-state index contributed by atoms with van der Waals surface area (Å²) in [4.78, 5) is 12.8. The number of carbonyl (C=O) groups excluding carboxylic acids is 1. The molecule has 0 aliphatic rings. The molecule has 0 saturated heterocycles. The molecule has 0 fully saturated rings. The molecule has 0 bridgehead atoms. The third kappa shape index (κ3) is 4.99. The first kappa shape index (κ1) is 18.7. The summed E-state index contributed by atoms with van der Waals surface area (Å²) in [5.74, 6) is 0.290. The third-order valence-electron chi connectivity index (χ3n) is 4.03. The van der Waals surface area contributed by atoms with E-state index in [2.05, 4.69) is 0 Å². The third-order valence-corrected chi connectivity index (χ3v) is 4.28. The first-order valence-corrected chi connectivity index (χ1v) is 8.87. The van der Waals surface area contributed by atoms with Gasteiger partial charge in [-0.15, -0.1) is 0 Å². The number of para-hydroxylation sites is 1. The number of esters is 1. The van der Waals surface area contributed by atoms with Gasteiger partial charge in [-0.2, -0.15) is 0 Å². The van der Waals surface area contributed by atoms with E-state index in [4.69, 9.17) is 21.1 Å². The van der Waals surface area contributed by atoms with Crippen LogP contribution in [0, 0.1) is 0 Å². The molecule has 3 rings (SSSR count). The second-order valence-electron chi connectivity index (χ2n) is 5.87. The van der Waals surface area contributed by atoms with E-state index in [1.54, 1.807) is 25.3 Å². The molecular weight excluding hydrogens is 360 g/mol. The highest BCUT2D eigenvalue weighted by atomic mass is 35.5. The number of hydrogen-bond donors (Lipinski definition) is 0. The standard InChI is InChI=1S/C23H19ClO3/c1-26-22-10-6-5-9-19(22)15-21(18-7-3-2-4-8-18)23(25)27-16-17-11-13-20(24)14-12-17/h2-15H,16H2,1H3/b21-15+. The number of methoxy groups -OCH3 is 1. The molecule has 4 heteroatoms. The van der Waals surface area contributed by atoms with Crippen molar-refractivity contribution in [3.05, 3.63) is 101 Å². The summed E-state index contributed by atoms with van der Waals surface area (Å²) in [6.07, 6.45) is 1.79. The lowest BCUT2D eigenvalue weighted by Gasteiger charge is -2.11. The molecule has 136 valence electrons. The molecule has 27 heavy (non-hydrogen) atoms. The minimum atomic E-state index is -0.401. The average Bonchev–Trinajstić information content (AvgIpc) is 2.72. The Labute approximate surface area is 163 Å². The van der Waals surface area contributed by atoms with Crippen molar-refractivity contribution < 1.29 is 14.3 Å². The lowest BCUT2D eigenvalue weighted by molar-refractivity contribution is -0.137. The van der Waals surface area contributed by atoms with Crippen molar-refractivity contribution in [1.82, 2.24) is 0 Å². The van der Waals surface area contributed by atoms with Crippen LogP contribution in [-0.4, -0.2) is 13.1 Å². The van der Waals surface area contributed by atoms with Crippen molar-refractivity contribution in [3.8, 4) is 5.75 Å². The average molecular weight is 379 g/mol. The number of rotatable bonds is 6. The zero-order valence-electron chi connectivity index (χ0n) is 14.9. The Morgan fingerprint density at radius 1 is 0.926 bits per heavy atom. The quantitative estimate of drug-likeness (QED) is 0.316. The summed E-state index contributed by atoms with van der Waals surface area (Å²) in [6, 6.07) is 24.2. The van der Waals surface area contributed by atoms with Crippen LogP contribution in [0.15, 0.2) is 78.9 Å². The lowest BCUT2D eigenvalue weighted by Crippen LogP contribution is -2.07. The smallest absolute Gasteiger partial charge is 0.339 e. The number of ether oxygens (including phenoxy) is 2. The molecule has 0 N–H and O–H groups in total. The number of hydrogen-bond acceptors (Lipinski definition) is 3. The van der Waals surface area contributed by atoms with E-state index in [1.165, 1.54) is 0 Å². The van der Waals surface area contributed by atoms with Crippen molar-refractivity contribution in [1.29, 1.82) is 0 Å². The van der Waals surface area contributed by atoms with Crippen LogP contribution in [-0.2, 0) is 16.1 Å². The van der Waals surface area contributed by atoms with Gasteiger partial charge in [0.05, 0.1) is 12.7 Å². The van der Waals surface area contributed by atoms with Gasteiger partial charge in [0.2, 0.25) is 0 Å². The Bertz CT molecular complexity index is 931. The minimum absolute atomic E-state index is 0.173. The van der Waals surface area contributed by atoms with Crippen LogP contribution in [0.1, 0.15) is 16.7 Å². The Kier molecular flexibility index (Phi) is 6.29. The summed E-state index contributed by atoms with van der Waals surface area (Å²) in [5.41, 5.74) is 2.93. The van der Waals surface area contributed by atoms with Crippen LogP contribution in [0.4, 0.5) is 0 Å². The molecule has 0 heterocycles. The van der Waals surface area contributed by atoms with Crippen molar-refractivity contribution in [3.63, 3.8) is 0 Å². The zero-order chi connectivity index (χ0) is 19.1. The van der Waals surface area contributed by atoms with Crippen molar-refractivity contribution in [2.75, 3.05) is 7.11 Å². The van der Waals surface area contributed by atoms with Crippen LogP contribution in [0.3, 0.4) is 0 Å². The fourth-order valence-electron chi connectivity index (χ4n) is 2.63. The molecular formula is C23H19ClO3. The molecule has 0 aliphatic heterocycles. The van der Waals surface area contributed by atoms with E-state index in [1.807, 2.05) is 66.7 Å². The van der Waals surface area contributed by atoms with Crippen molar-refractivity contribution in [2.24, 2.45) is 0 Å². The Hall–Kier alpha value is -3.04. The lowest BCUT2D eigenvalue weighted by atomic mass is 10.0. The van der Waals surface area contributed by atoms with E-state index in [9.17, 15) is 4.79 Å². The van der Waals surface area contributed by atoms with Gasteiger partial charge < -0.3 is 9.47 Å². The summed E-state index contributed by atoms with van der Waals surface area (Å²) in [7, 11) is 1.60. The Morgan fingerprint density at radius 3 is 2.30 bits per heavy atom. The maximum Gasteiger partial charge on any atom is 0.339 e. The Balaban J connectivity index is 1.89. The maximum atomic E-state index is 12.8. The fraction of sp³-hybridized carbons (Fsp3) is 0.0870. The topological polar surface area (TPSA) is 35.5 Å². The minimum Gasteiger partial charge on any atom is -0.496 e. The van der Waals surface area contributed by atoms with Gasteiger partial charge in [0.25, 0.3) is 0 Å². The predicted molar refractivity (Wildman–Crippen MR) is 109 cm³/mol. The van der Waals surface area contributed by atoms with E-state index >= 15 is 0 Å². The normalized spacial score (nSPS) is 11.1. The summed E-state index contributed by atoms with van der Waals surface area (Å²) in [5, 5.41) is 0.645. The van der Waals surface area contributed by atoms with Gasteiger partial charge in [-0.1, -0.05) is 72.3 Å². The number of halogens is 1. The molecule has 0 aliphatic carbocycles. The first-order valence-electron chi connectivity index (χ1n) is 8.49. The summed E-state index contributed by atoms with van der Waals surface area (Å²) in [6.45, 7) is 0.173. The second kappa shape index (κ2) is 9.06. The largest absolute Gasteiger partial charge is 0.496 e. The van der Waals surface area contributed by atoms with Crippen molar-refractivity contribution in [2.45, 2.75) is 6.61 Å². The molecule has 0 aromatic heterocycles. The van der Waals surface area contributed by atoms with E-state index in [-0.39, 0.29) is 6.61 Å². The van der Waals surface area contributed by atoms with Gasteiger partial charge in [0.15, 0.2) is 0 Å². The number of carbonyl (C=O) groups is 1. The first-order chi connectivity index (χ1) is 13.2. The molecule has 3 nitrogen and oxygen atoms in total. The van der Waals surface area contributed by atoms with Gasteiger partial charge in [0, 0.05) is 10.6 Å². The van der Waals surface area contributed by atoms with Gasteiger partial charge in [-0.3, -0.25) is 0 Å². The van der Waals surface area contributed by atoms with Crippen LogP contribution in [0.25, 0.3) is 11.6 Å². The fourth-order valence-corrected chi connectivity index (χ4v) is 2.75. The SMILES string of the molecule is COc1ccccc1/C=C(/C(=O)OCc1ccc(Cl)cc1)c1ccccc1. The molecule has 0 saturated carbocycles. The zero-order valence-corrected chi connectivity index (χ0v) is 15.6. The molecule has 0 atom stereocenters. The molecule has 0 amide bonds. The number of benzene rings is 3. The van der Waals surface area contributed by atoms with Crippen molar-refractivity contribution >= 4 is 29.2 Å². The Morgan fingerprint density at radius 2 is 1.59 bits per heavy atom. The van der Waals surface area contributed by atoms with E-state index in [0.717, 1.165) is 16.7 Å². The van der Waals surface area contributed by atoms with Crippen LogP contribution >= 0.6 is 11.6 Å². The molecule has 0 spiro atoms. The monoisotopic (exact) mass is 378 g/mol. The second-order valence-corrected chi connectivity index (χ2v) is 6.31. The van der Waals surface area contributed by atoms with Gasteiger partial charge in [-0.05, 0) is 35.4 Å². The highest BCUT2D eigenvalue weighted by Gasteiger charge is 2.15. The highest BCUT2D eigenvalue weighted by molar-refractivity contribution is 6.30. The molecule has 0 radical (unpaired) electrons. The van der Waals surface area contributed by atoms with Gasteiger partial charge in [-0.25, -0.2) is 4.79 Å². The molecule has 3 aromatic carbocycles. The summed E-state index contributed by atoms with van der Waals surface area (Å²) >= 11 is 5.89. The van der Waals surface area contributed by atoms with Gasteiger partial charge >= 0.3 is 5.97 Å². The van der Waals surface area contributed by atoms with E-state index < -0.39 is 5.97 Å². The predicted octanol–water partition coefficient (Wildman–Crippen LogP) is 5.63. The maximum absolute atomic E-state index is 12.8. The summed E-state index contributed by atoms with van der Waals surface area (Å²) < 4.78 is 10.9. The molecule has 3 aromatic rings. The van der Waals surface area contributed by atoms with Gasteiger partial charge in [0.1, 0.15) is 12.4 Å². The van der Waals surface area contributed by atoms with Crippen LogP contribution in [0.2, 0.25) is 5.02 Å². The van der Waals surface area contributed by atoms with Crippen LogP contribution < -0.4 is 4.74 Å². The van der Waals surface area contributed by atoms with E-state index in [0.29, 0.717) is 16.3 Å². The highest BCUT2D eigenvalue weighted by Crippen LogP contribution is 2.26.